The molecule has 25 heavy (non-hydrogen) atoms. The minimum Gasteiger partial charge on any atom is -0.360 e. The predicted octanol–water partition coefficient (Wildman–Crippen LogP) is 4.65. The lowest BCUT2D eigenvalue weighted by Gasteiger charge is -2.30. The second-order valence-electron chi connectivity index (χ2n) is 6.98. The molecule has 3 aromatic rings. The van der Waals surface area contributed by atoms with Gasteiger partial charge in [0.15, 0.2) is 0 Å². The number of rotatable bonds is 4. The predicted molar refractivity (Wildman–Crippen MR) is 98.9 cm³/mol. The fraction of sp³-hybridized carbons (Fsp3) is 0.278. The molecule has 1 aromatic carbocycles. The SMILES string of the molecule is CC(C)(C)C(NC(=O)c1c[nH]c2ccc([N+](=O)[O-])cc12)c1cccs1. The van der Waals surface area contributed by atoms with Gasteiger partial charge in [0.25, 0.3) is 11.6 Å². The van der Waals surface area contributed by atoms with Gasteiger partial charge in [-0.3, -0.25) is 14.9 Å². The van der Waals surface area contributed by atoms with E-state index in [0.29, 0.717) is 16.5 Å². The van der Waals surface area contributed by atoms with Crippen LogP contribution >= 0.6 is 11.3 Å². The van der Waals surface area contributed by atoms with E-state index in [2.05, 4.69) is 31.1 Å². The molecule has 1 atom stereocenters. The van der Waals surface area contributed by atoms with Gasteiger partial charge < -0.3 is 10.3 Å². The number of carbonyl (C=O) groups is 1. The molecule has 6 nitrogen and oxygen atoms in total. The maximum Gasteiger partial charge on any atom is 0.270 e. The zero-order valence-electron chi connectivity index (χ0n) is 14.2. The van der Waals surface area contributed by atoms with Gasteiger partial charge in [-0.2, -0.15) is 0 Å². The van der Waals surface area contributed by atoms with Crippen LogP contribution in [0.3, 0.4) is 0 Å². The Morgan fingerprint density at radius 1 is 1.32 bits per heavy atom. The number of fused-ring (bicyclic) bond motifs is 1. The number of nitrogens with zero attached hydrogens (tertiary/aromatic N) is 1. The molecule has 1 unspecified atom stereocenters. The minimum absolute atomic E-state index is 0.0354. The summed E-state index contributed by atoms with van der Waals surface area (Å²) < 4.78 is 0. The highest BCUT2D eigenvalue weighted by atomic mass is 32.1. The van der Waals surface area contributed by atoms with Crippen molar-refractivity contribution in [2.75, 3.05) is 0 Å². The normalized spacial score (nSPS) is 12.9. The highest BCUT2D eigenvalue weighted by Gasteiger charge is 2.29. The summed E-state index contributed by atoms with van der Waals surface area (Å²) in [5.74, 6) is -0.250. The van der Waals surface area contributed by atoms with Crippen molar-refractivity contribution in [1.29, 1.82) is 0 Å². The number of nitrogens with one attached hydrogen (secondary N) is 2. The second-order valence-corrected chi connectivity index (χ2v) is 7.96. The lowest BCUT2D eigenvalue weighted by Crippen LogP contribution is -2.36. The smallest absolute Gasteiger partial charge is 0.270 e. The maximum atomic E-state index is 12.9. The van der Waals surface area contributed by atoms with Gasteiger partial charge in [-0.1, -0.05) is 26.8 Å². The summed E-state index contributed by atoms with van der Waals surface area (Å²) >= 11 is 1.60. The summed E-state index contributed by atoms with van der Waals surface area (Å²) in [5, 5.41) is 16.6. The Morgan fingerprint density at radius 3 is 2.68 bits per heavy atom. The molecule has 0 aliphatic rings. The van der Waals surface area contributed by atoms with Crippen LogP contribution in [0.1, 0.15) is 42.0 Å². The first-order valence-corrected chi connectivity index (χ1v) is 8.75. The summed E-state index contributed by atoms with van der Waals surface area (Å²) in [4.78, 5) is 27.5. The van der Waals surface area contributed by atoms with Crippen LogP contribution in [0.2, 0.25) is 0 Å². The molecule has 0 saturated carbocycles. The first-order chi connectivity index (χ1) is 11.8. The van der Waals surface area contributed by atoms with Gasteiger partial charge in [0.1, 0.15) is 0 Å². The molecule has 0 saturated heterocycles. The molecule has 0 radical (unpaired) electrons. The fourth-order valence-corrected chi connectivity index (χ4v) is 3.81. The lowest BCUT2D eigenvalue weighted by atomic mass is 9.85. The summed E-state index contributed by atoms with van der Waals surface area (Å²) in [6.45, 7) is 6.20. The molecule has 0 fully saturated rings. The zero-order chi connectivity index (χ0) is 18.2. The molecule has 7 heteroatoms. The molecule has 0 spiro atoms. The van der Waals surface area contributed by atoms with Crippen LogP contribution in [-0.2, 0) is 0 Å². The summed E-state index contributed by atoms with van der Waals surface area (Å²) in [6.07, 6.45) is 1.60. The molecule has 0 aliphatic heterocycles. The third-order valence-electron chi connectivity index (χ3n) is 4.09. The van der Waals surface area contributed by atoms with Gasteiger partial charge in [-0.05, 0) is 22.9 Å². The number of thiophene rings is 1. The van der Waals surface area contributed by atoms with Gasteiger partial charge in [0, 0.05) is 34.1 Å². The summed E-state index contributed by atoms with van der Waals surface area (Å²) in [7, 11) is 0. The first kappa shape index (κ1) is 17.2. The van der Waals surface area contributed by atoms with Crippen molar-refractivity contribution in [3.8, 4) is 0 Å². The number of aromatic nitrogens is 1. The molecular formula is C18H19N3O3S. The van der Waals surface area contributed by atoms with Gasteiger partial charge in [-0.15, -0.1) is 11.3 Å². The Morgan fingerprint density at radius 2 is 2.08 bits per heavy atom. The Labute approximate surface area is 149 Å². The molecule has 130 valence electrons. The average Bonchev–Trinajstić information content (AvgIpc) is 3.19. The van der Waals surface area contributed by atoms with Crippen molar-refractivity contribution < 1.29 is 9.72 Å². The molecule has 2 N–H and O–H groups in total. The Hall–Kier alpha value is -2.67. The number of hydrogen-bond donors (Lipinski definition) is 2. The molecule has 3 rings (SSSR count). The van der Waals surface area contributed by atoms with Crippen LogP contribution in [0.4, 0.5) is 5.69 Å². The molecule has 2 heterocycles. The number of carbonyl (C=O) groups excluding carboxylic acids is 1. The number of nitro groups is 1. The number of amides is 1. The van der Waals surface area contributed by atoms with E-state index in [1.807, 2.05) is 17.5 Å². The number of H-pyrrole nitrogens is 1. The summed E-state index contributed by atoms with van der Waals surface area (Å²) in [5.41, 5.74) is 0.897. The zero-order valence-corrected chi connectivity index (χ0v) is 15.0. The maximum absolute atomic E-state index is 12.9. The van der Waals surface area contributed by atoms with Gasteiger partial charge in [0.05, 0.1) is 16.5 Å². The van der Waals surface area contributed by atoms with E-state index >= 15 is 0 Å². The minimum atomic E-state index is -0.461. The van der Waals surface area contributed by atoms with Crippen LogP contribution < -0.4 is 5.32 Å². The number of aromatic amines is 1. The van der Waals surface area contributed by atoms with Crippen molar-refractivity contribution in [2.24, 2.45) is 5.41 Å². The van der Waals surface area contributed by atoms with Crippen LogP contribution in [0, 0.1) is 15.5 Å². The third kappa shape index (κ3) is 3.41. The number of non-ortho nitro benzene ring substituents is 1. The van der Waals surface area contributed by atoms with Crippen molar-refractivity contribution in [3.63, 3.8) is 0 Å². The van der Waals surface area contributed by atoms with Crippen LogP contribution in [-0.4, -0.2) is 15.8 Å². The van der Waals surface area contributed by atoms with E-state index in [-0.39, 0.29) is 23.1 Å². The van der Waals surface area contributed by atoms with Gasteiger partial charge in [0.2, 0.25) is 0 Å². The van der Waals surface area contributed by atoms with E-state index in [4.69, 9.17) is 0 Å². The van der Waals surface area contributed by atoms with Crippen LogP contribution in [0.25, 0.3) is 10.9 Å². The van der Waals surface area contributed by atoms with Crippen molar-refractivity contribution in [1.82, 2.24) is 10.3 Å². The Bertz CT molecular complexity index is 923. The fourth-order valence-electron chi connectivity index (χ4n) is 2.79. The van der Waals surface area contributed by atoms with E-state index in [9.17, 15) is 14.9 Å². The van der Waals surface area contributed by atoms with E-state index < -0.39 is 4.92 Å². The van der Waals surface area contributed by atoms with E-state index in [1.54, 1.807) is 23.6 Å². The van der Waals surface area contributed by atoms with Gasteiger partial charge in [-0.25, -0.2) is 0 Å². The number of nitro benzene ring substituents is 1. The molecule has 0 aliphatic carbocycles. The van der Waals surface area contributed by atoms with Crippen LogP contribution in [0.15, 0.2) is 41.9 Å². The third-order valence-corrected chi connectivity index (χ3v) is 5.03. The Balaban J connectivity index is 1.96. The molecule has 0 bridgehead atoms. The largest absolute Gasteiger partial charge is 0.360 e. The highest BCUT2D eigenvalue weighted by Crippen LogP contribution is 2.35. The first-order valence-electron chi connectivity index (χ1n) is 7.87. The molecule has 2 aromatic heterocycles. The van der Waals surface area contributed by atoms with E-state index in [1.165, 1.54) is 12.1 Å². The van der Waals surface area contributed by atoms with Crippen molar-refractivity contribution in [2.45, 2.75) is 26.8 Å². The van der Waals surface area contributed by atoms with E-state index in [0.717, 1.165) is 4.88 Å². The number of hydrogen-bond acceptors (Lipinski definition) is 4. The summed E-state index contributed by atoms with van der Waals surface area (Å²) in [6, 6.07) is 8.27. The lowest BCUT2D eigenvalue weighted by molar-refractivity contribution is -0.384. The molecular weight excluding hydrogens is 338 g/mol. The average molecular weight is 357 g/mol. The second kappa shape index (κ2) is 6.33. The quantitative estimate of drug-likeness (QED) is 0.526. The highest BCUT2D eigenvalue weighted by molar-refractivity contribution is 7.10. The Kier molecular flexibility index (Phi) is 4.34. The van der Waals surface area contributed by atoms with Gasteiger partial charge >= 0.3 is 0 Å². The topological polar surface area (TPSA) is 88.0 Å². The van der Waals surface area contributed by atoms with Crippen molar-refractivity contribution in [3.05, 3.63) is 62.5 Å². The standard InChI is InChI=1S/C18H19N3O3S/c1-18(2,3)16(15-5-4-8-25-15)20-17(22)13-10-19-14-7-6-11(21(23)24)9-12(13)14/h4-10,16,19H,1-3H3,(H,20,22). The molecule has 1 amide bonds. The van der Waals surface area contributed by atoms with Crippen molar-refractivity contribution >= 4 is 33.8 Å². The monoisotopic (exact) mass is 357 g/mol. The van der Waals surface area contributed by atoms with Crippen LogP contribution in [0.5, 0.6) is 0 Å². The number of benzene rings is 1.